The van der Waals surface area contributed by atoms with E-state index in [1.165, 1.54) is 0 Å². The van der Waals surface area contributed by atoms with Gasteiger partial charge in [-0.25, -0.2) is 4.68 Å². The summed E-state index contributed by atoms with van der Waals surface area (Å²) in [6.07, 6.45) is 1.79. The van der Waals surface area contributed by atoms with Gasteiger partial charge in [-0.05, 0) is 52.0 Å². The van der Waals surface area contributed by atoms with E-state index in [4.69, 9.17) is 9.84 Å². The number of amides is 1. The van der Waals surface area contributed by atoms with Crippen LogP contribution in [-0.2, 0) is 0 Å². The highest BCUT2D eigenvalue weighted by Crippen LogP contribution is 2.31. The lowest BCUT2D eigenvalue weighted by molar-refractivity contribution is 0.0940. The first-order valence-electron chi connectivity index (χ1n) is 10.7. The maximum Gasteiger partial charge on any atom is 0.255 e. The Morgan fingerprint density at radius 3 is 2.32 bits per heavy atom. The third-order valence-corrected chi connectivity index (χ3v) is 5.32. The third-order valence-electron chi connectivity index (χ3n) is 5.32. The zero-order valence-corrected chi connectivity index (χ0v) is 19.0. The van der Waals surface area contributed by atoms with Gasteiger partial charge in [-0.15, -0.1) is 0 Å². The number of ether oxygens (including phenoxy) is 1. The molecule has 0 unspecified atom stereocenters. The lowest BCUT2D eigenvalue weighted by Crippen LogP contribution is -2.42. The summed E-state index contributed by atoms with van der Waals surface area (Å²) >= 11 is 0. The fourth-order valence-electron chi connectivity index (χ4n) is 3.80. The standard InChI is InChI=1S/C25H32N4O2/c1-18(2)28(19(3)4)16-15-26-25(30)22-17-29(20-11-7-6-8-12-20)27-24(22)21-13-9-10-14-23(21)31-5/h6-14,17-19H,15-16H2,1-5H3,(H,26,30). The number of methoxy groups -OCH3 is 1. The summed E-state index contributed by atoms with van der Waals surface area (Å²) in [5.41, 5.74) is 2.80. The van der Waals surface area contributed by atoms with Gasteiger partial charge in [0, 0.05) is 36.9 Å². The van der Waals surface area contributed by atoms with Crippen molar-refractivity contribution in [1.82, 2.24) is 20.0 Å². The summed E-state index contributed by atoms with van der Waals surface area (Å²) in [5, 5.41) is 7.82. The summed E-state index contributed by atoms with van der Waals surface area (Å²) in [5.74, 6) is 0.538. The SMILES string of the molecule is COc1ccccc1-c1nn(-c2ccccc2)cc1C(=O)NCCN(C(C)C)C(C)C. The molecule has 0 radical (unpaired) electrons. The van der Waals surface area contributed by atoms with Gasteiger partial charge in [0.15, 0.2) is 0 Å². The summed E-state index contributed by atoms with van der Waals surface area (Å²) in [4.78, 5) is 15.5. The van der Waals surface area contributed by atoms with Crippen LogP contribution >= 0.6 is 0 Å². The average Bonchev–Trinajstić information content (AvgIpc) is 3.22. The van der Waals surface area contributed by atoms with Crippen molar-refractivity contribution < 1.29 is 9.53 Å². The van der Waals surface area contributed by atoms with E-state index in [2.05, 4.69) is 37.9 Å². The number of hydrogen-bond acceptors (Lipinski definition) is 4. The van der Waals surface area contributed by atoms with E-state index < -0.39 is 0 Å². The summed E-state index contributed by atoms with van der Waals surface area (Å²) < 4.78 is 7.27. The van der Waals surface area contributed by atoms with E-state index in [0.29, 0.717) is 35.6 Å². The first-order valence-corrected chi connectivity index (χ1v) is 10.7. The average molecular weight is 421 g/mol. The Morgan fingerprint density at radius 2 is 1.68 bits per heavy atom. The molecule has 31 heavy (non-hydrogen) atoms. The molecule has 0 aliphatic rings. The molecule has 0 saturated heterocycles. The molecule has 164 valence electrons. The number of carbonyl (C=O) groups excluding carboxylic acids is 1. The van der Waals surface area contributed by atoms with Crippen molar-refractivity contribution in [2.24, 2.45) is 0 Å². The van der Waals surface area contributed by atoms with Gasteiger partial charge < -0.3 is 10.1 Å². The number of para-hydroxylation sites is 2. The molecule has 0 aliphatic carbocycles. The van der Waals surface area contributed by atoms with Crippen molar-refractivity contribution in [2.45, 2.75) is 39.8 Å². The molecule has 1 N–H and O–H groups in total. The molecule has 6 nitrogen and oxygen atoms in total. The van der Waals surface area contributed by atoms with Crippen molar-refractivity contribution in [3.8, 4) is 22.7 Å². The van der Waals surface area contributed by atoms with Crippen LogP contribution in [0.3, 0.4) is 0 Å². The first-order chi connectivity index (χ1) is 14.9. The van der Waals surface area contributed by atoms with Crippen LogP contribution in [0.25, 0.3) is 16.9 Å². The molecule has 6 heteroatoms. The van der Waals surface area contributed by atoms with Gasteiger partial charge in [0.1, 0.15) is 11.4 Å². The molecule has 0 spiro atoms. The maximum atomic E-state index is 13.2. The van der Waals surface area contributed by atoms with Crippen LogP contribution in [0.15, 0.2) is 60.8 Å². The summed E-state index contributed by atoms with van der Waals surface area (Å²) in [7, 11) is 1.62. The van der Waals surface area contributed by atoms with Crippen LogP contribution in [0.2, 0.25) is 0 Å². The smallest absolute Gasteiger partial charge is 0.255 e. The Hall–Kier alpha value is -3.12. The molecule has 0 fully saturated rings. The van der Waals surface area contributed by atoms with E-state index >= 15 is 0 Å². The molecule has 3 aromatic rings. The highest BCUT2D eigenvalue weighted by molar-refractivity contribution is 6.00. The van der Waals surface area contributed by atoms with Gasteiger partial charge in [0.2, 0.25) is 0 Å². The molecule has 0 saturated carbocycles. The number of hydrogen-bond donors (Lipinski definition) is 1. The molecule has 1 aromatic heterocycles. The molecule has 0 bridgehead atoms. The molecule has 0 atom stereocenters. The Balaban J connectivity index is 1.91. The molecule has 0 aliphatic heterocycles. The highest BCUT2D eigenvalue weighted by atomic mass is 16.5. The Morgan fingerprint density at radius 1 is 1.03 bits per heavy atom. The number of benzene rings is 2. The number of rotatable bonds is 9. The molecule has 1 heterocycles. The van der Waals surface area contributed by atoms with Crippen molar-refractivity contribution in [2.75, 3.05) is 20.2 Å². The van der Waals surface area contributed by atoms with Crippen LogP contribution in [-0.4, -0.2) is 52.9 Å². The second kappa shape index (κ2) is 10.3. The van der Waals surface area contributed by atoms with E-state index in [1.54, 1.807) is 18.0 Å². The molecule has 3 rings (SSSR count). The minimum Gasteiger partial charge on any atom is -0.496 e. The Kier molecular flexibility index (Phi) is 7.47. The van der Waals surface area contributed by atoms with Gasteiger partial charge >= 0.3 is 0 Å². The van der Waals surface area contributed by atoms with Gasteiger partial charge in [0.25, 0.3) is 5.91 Å². The quantitative estimate of drug-likeness (QED) is 0.558. The minimum atomic E-state index is -0.143. The van der Waals surface area contributed by atoms with Crippen LogP contribution in [0.1, 0.15) is 38.1 Å². The zero-order valence-electron chi connectivity index (χ0n) is 19.0. The topological polar surface area (TPSA) is 59.4 Å². The summed E-state index contributed by atoms with van der Waals surface area (Å²) in [6.45, 7) is 10.0. The van der Waals surface area contributed by atoms with Crippen molar-refractivity contribution >= 4 is 5.91 Å². The highest BCUT2D eigenvalue weighted by Gasteiger charge is 2.21. The van der Waals surface area contributed by atoms with Crippen LogP contribution in [0.5, 0.6) is 5.75 Å². The number of nitrogens with zero attached hydrogens (tertiary/aromatic N) is 3. The van der Waals surface area contributed by atoms with Crippen molar-refractivity contribution in [3.63, 3.8) is 0 Å². The fraction of sp³-hybridized carbons (Fsp3) is 0.360. The number of nitrogens with one attached hydrogen (secondary N) is 1. The van der Waals surface area contributed by atoms with Gasteiger partial charge in [-0.2, -0.15) is 5.10 Å². The van der Waals surface area contributed by atoms with E-state index in [9.17, 15) is 4.79 Å². The minimum absolute atomic E-state index is 0.143. The normalized spacial score (nSPS) is 11.4. The second-order valence-electron chi connectivity index (χ2n) is 8.05. The summed E-state index contributed by atoms with van der Waals surface area (Å²) in [6, 6.07) is 18.2. The monoisotopic (exact) mass is 420 g/mol. The van der Waals surface area contributed by atoms with E-state index in [0.717, 1.165) is 17.8 Å². The molecule has 1 amide bonds. The van der Waals surface area contributed by atoms with Crippen molar-refractivity contribution in [3.05, 3.63) is 66.4 Å². The van der Waals surface area contributed by atoms with Gasteiger partial charge in [0.05, 0.1) is 18.4 Å². The van der Waals surface area contributed by atoms with Crippen molar-refractivity contribution in [1.29, 1.82) is 0 Å². The van der Waals surface area contributed by atoms with Crippen LogP contribution in [0, 0.1) is 0 Å². The predicted molar refractivity (Wildman–Crippen MR) is 125 cm³/mol. The molecule has 2 aromatic carbocycles. The van der Waals surface area contributed by atoms with E-state index in [-0.39, 0.29) is 5.91 Å². The van der Waals surface area contributed by atoms with Gasteiger partial charge in [-0.3, -0.25) is 9.69 Å². The maximum absolute atomic E-state index is 13.2. The third kappa shape index (κ3) is 5.33. The first kappa shape index (κ1) is 22.6. The zero-order chi connectivity index (χ0) is 22.4. The fourth-order valence-corrected chi connectivity index (χ4v) is 3.80. The largest absolute Gasteiger partial charge is 0.496 e. The molecular formula is C25H32N4O2. The predicted octanol–water partition coefficient (Wildman–Crippen LogP) is 4.40. The van der Waals surface area contributed by atoms with E-state index in [1.807, 2.05) is 54.6 Å². The van der Waals surface area contributed by atoms with Crippen LogP contribution < -0.4 is 10.1 Å². The number of aromatic nitrogens is 2. The molecular weight excluding hydrogens is 388 g/mol. The second-order valence-corrected chi connectivity index (χ2v) is 8.05. The lowest BCUT2D eigenvalue weighted by Gasteiger charge is -2.30. The number of carbonyl (C=O) groups is 1. The Bertz CT molecular complexity index is 988. The van der Waals surface area contributed by atoms with Gasteiger partial charge in [-0.1, -0.05) is 30.3 Å². The Labute approximate surface area is 184 Å². The lowest BCUT2D eigenvalue weighted by atomic mass is 10.1. The van der Waals surface area contributed by atoms with Crippen LogP contribution in [0.4, 0.5) is 0 Å².